The predicted octanol–water partition coefficient (Wildman–Crippen LogP) is 3.46. The number of ether oxygens (including phenoxy) is 1. The summed E-state index contributed by atoms with van der Waals surface area (Å²) >= 11 is 0. The lowest BCUT2D eigenvalue weighted by atomic mass is 9.95. The maximum atomic E-state index is 11.2. The fourth-order valence-corrected chi connectivity index (χ4v) is 2.34. The van der Waals surface area contributed by atoms with Gasteiger partial charge >= 0.3 is 5.97 Å². The molecule has 2 rings (SSSR count). The van der Waals surface area contributed by atoms with Crippen LogP contribution in [0.5, 0.6) is 0 Å². The van der Waals surface area contributed by atoms with Crippen molar-refractivity contribution in [1.29, 1.82) is 0 Å². The zero-order chi connectivity index (χ0) is 14.1. The fourth-order valence-electron chi connectivity index (χ4n) is 2.34. The lowest BCUT2D eigenvalue weighted by Crippen LogP contribution is -2.40. The van der Waals surface area contributed by atoms with Crippen molar-refractivity contribution in [3.05, 3.63) is 35.9 Å². The lowest BCUT2D eigenvalue weighted by molar-refractivity contribution is -0.148. The first-order valence-corrected chi connectivity index (χ1v) is 7.23. The average molecular weight is 263 g/mol. The van der Waals surface area contributed by atoms with Crippen LogP contribution in [0, 0.1) is 0 Å². The van der Waals surface area contributed by atoms with Crippen LogP contribution in [0.15, 0.2) is 30.3 Å². The molecule has 0 spiro atoms. The molecule has 0 aliphatic carbocycles. The molecule has 1 aliphatic rings. The Kier molecular flexibility index (Phi) is 7.19. The molecule has 19 heavy (non-hydrogen) atoms. The molecule has 1 aromatic rings. The highest BCUT2D eigenvalue weighted by Gasteiger charge is 2.26. The molecule has 1 saturated heterocycles. The number of nitrogens with one attached hydrogen (secondary N) is 1. The zero-order valence-corrected chi connectivity index (χ0v) is 12.2. The van der Waals surface area contributed by atoms with Crippen LogP contribution in [0.3, 0.4) is 0 Å². The van der Waals surface area contributed by atoms with Crippen molar-refractivity contribution < 1.29 is 9.53 Å². The predicted molar refractivity (Wildman–Crippen MR) is 77.9 cm³/mol. The molecule has 0 saturated carbocycles. The van der Waals surface area contributed by atoms with Crippen LogP contribution >= 0.6 is 0 Å². The summed E-state index contributed by atoms with van der Waals surface area (Å²) in [5.41, 5.74) is 1.07. The van der Waals surface area contributed by atoms with Gasteiger partial charge in [-0.3, -0.25) is 4.79 Å². The van der Waals surface area contributed by atoms with Crippen LogP contribution in [0.1, 0.15) is 51.7 Å². The summed E-state index contributed by atoms with van der Waals surface area (Å²) < 4.78 is 5.47. The van der Waals surface area contributed by atoms with E-state index in [1.165, 1.54) is 19.8 Å². The number of hydrogen-bond acceptors (Lipinski definition) is 3. The molecule has 3 nitrogen and oxygen atoms in total. The van der Waals surface area contributed by atoms with Crippen molar-refractivity contribution in [3.63, 3.8) is 0 Å². The standard InChI is InChI=1S/C14H19NO2.C2H6/c1-11(16)17-14(12-7-3-2-4-8-12)13-9-5-6-10-15-13;1-2/h2-4,7-8,13-15H,5-6,9-10H2,1H3;1-2H3. The molecule has 3 heteroatoms. The van der Waals surface area contributed by atoms with Gasteiger partial charge in [-0.1, -0.05) is 50.6 Å². The van der Waals surface area contributed by atoms with Crippen molar-refractivity contribution in [2.24, 2.45) is 0 Å². The summed E-state index contributed by atoms with van der Waals surface area (Å²) in [5.74, 6) is -0.216. The first-order valence-electron chi connectivity index (χ1n) is 7.23. The Bertz CT molecular complexity index is 358. The van der Waals surface area contributed by atoms with Crippen LogP contribution in [0.25, 0.3) is 0 Å². The molecule has 1 aliphatic heterocycles. The van der Waals surface area contributed by atoms with E-state index in [4.69, 9.17) is 4.74 Å². The summed E-state index contributed by atoms with van der Waals surface area (Å²) in [6, 6.07) is 10.2. The number of carbonyl (C=O) groups excluding carboxylic acids is 1. The van der Waals surface area contributed by atoms with Gasteiger partial charge in [0.1, 0.15) is 6.10 Å². The van der Waals surface area contributed by atoms with Crippen LogP contribution in [-0.4, -0.2) is 18.6 Å². The van der Waals surface area contributed by atoms with Gasteiger partial charge in [0.2, 0.25) is 0 Å². The third-order valence-electron chi connectivity index (χ3n) is 3.13. The molecule has 1 fully saturated rings. The Morgan fingerprint density at radius 2 is 1.95 bits per heavy atom. The van der Waals surface area contributed by atoms with E-state index in [0.717, 1.165) is 18.5 Å². The Labute approximate surface area is 116 Å². The summed E-state index contributed by atoms with van der Waals surface area (Å²) in [5, 5.41) is 3.45. The average Bonchev–Trinajstić information content (AvgIpc) is 2.48. The van der Waals surface area contributed by atoms with Gasteiger partial charge in [-0.15, -0.1) is 0 Å². The topological polar surface area (TPSA) is 38.3 Å². The van der Waals surface area contributed by atoms with Gasteiger partial charge in [-0.25, -0.2) is 0 Å². The van der Waals surface area contributed by atoms with Gasteiger partial charge in [0.15, 0.2) is 0 Å². The van der Waals surface area contributed by atoms with Gasteiger partial charge < -0.3 is 10.1 Å². The second-order valence-electron chi connectivity index (χ2n) is 4.50. The molecule has 1 heterocycles. The van der Waals surface area contributed by atoms with E-state index >= 15 is 0 Å². The quantitative estimate of drug-likeness (QED) is 0.849. The van der Waals surface area contributed by atoms with Gasteiger partial charge in [0, 0.05) is 13.0 Å². The number of benzene rings is 1. The Hall–Kier alpha value is -1.35. The summed E-state index contributed by atoms with van der Waals surface area (Å²) in [6.07, 6.45) is 3.31. The SMILES string of the molecule is CC.CC(=O)OC(c1ccccc1)C1CCCCN1. The maximum Gasteiger partial charge on any atom is 0.303 e. The van der Waals surface area contributed by atoms with Crippen molar-refractivity contribution in [2.45, 2.75) is 52.2 Å². The van der Waals surface area contributed by atoms with Crippen molar-refractivity contribution in [3.8, 4) is 0 Å². The van der Waals surface area contributed by atoms with Gasteiger partial charge in [-0.2, -0.15) is 0 Å². The van der Waals surface area contributed by atoms with Crippen LogP contribution < -0.4 is 5.32 Å². The van der Waals surface area contributed by atoms with E-state index in [2.05, 4.69) is 5.32 Å². The first kappa shape index (κ1) is 15.7. The number of carbonyl (C=O) groups is 1. The zero-order valence-electron chi connectivity index (χ0n) is 12.2. The number of rotatable bonds is 3. The molecule has 1 aromatic carbocycles. The van der Waals surface area contributed by atoms with E-state index in [0.29, 0.717) is 0 Å². The minimum atomic E-state index is -0.216. The van der Waals surface area contributed by atoms with E-state index in [1.807, 2.05) is 44.2 Å². The van der Waals surface area contributed by atoms with E-state index < -0.39 is 0 Å². The highest BCUT2D eigenvalue weighted by atomic mass is 16.5. The first-order chi connectivity index (χ1) is 9.27. The molecule has 2 unspecified atom stereocenters. The summed E-state index contributed by atoms with van der Waals surface area (Å²) in [6.45, 7) is 6.48. The molecule has 2 atom stereocenters. The fraction of sp³-hybridized carbons (Fsp3) is 0.562. The number of hydrogen-bond donors (Lipinski definition) is 1. The molecule has 106 valence electrons. The van der Waals surface area contributed by atoms with E-state index in [1.54, 1.807) is 0 Å². The largest absolute Gasteiger partial charge is 0.456 e. The second kappa shape index (κ2) is 8.70. The number of piperidine rings is 1. The summed E-state index contributed by atoms with van der Waals surface area (Å²) in [4.78, 5) is 11.2. The van der Waals surface area contributed by atoms with Crippen molar-refractivity contribution in [2.75, 3.05) is 6.54 Å². The number of esters is 1. The monoisotopic (exact) mass is 263 g/mol. The Morgan fingerprint density at radius 3 is 2.47 bits per heavy atom. The third-order valence-corrected chi connectivity index (χ3v) is 3.13. The molecular formula is C16H25NO2. The van der Waals surface area contributed by atoms with E-state index in [-0.39, 0.29) is 18.1 Å². The second-order valence-corrected chi connectivity index (χ2v) is 4.50. The highest BCUT2D eigenvalue weighted by Crippen LogP contribution is 2.26. The van der Waals surface area contributed by atoms with Gasteiger partial charge in [-0.05, 0) is 24.9 Å². The van der Waals surface area contributed by atoms with Crippen LogP contribution in [0.4, 0.5) is 0 Å². The smallest absolute Gasteiger partial charge is 0.303 e. The van der Waals surface area contributed by atoms with Crippen LogP contribution in [0.2, 0.25) is 0 Å². The van der Waals surface area contributed by atoms with Crippen molar-refractivity contribution >= 4 is 5.97 Å². The minimum absolute atomic E-state index is 0.158. The van der Waals surface area contributed by atoms with E-state index in [9.17, 15) is 4.79 Å². The van der Waals surface area contributed by atoms with Gasteiger partial charge in [0.25, 0.3) is 0 Å². The highest BCUT2D eigenvalue weighted by molar-refractivity contribution is 5.66. The molecule has 0 radical (unpaired) electrons. The normalized spacial score (nSPS) is 19.8. The van der Waals surface area contributed by atoms with Crippen molar-refractivity contribution in [1.82, 2.24) is 5.32 Å². The maximum absolute atomic E-state index is 11.2. The molecule has 0 amide bonds. The molecular weight excluding hydrogens is 238 g/mol. The van der Waals surface area contributed by atoms with Gasteiger partial charge in [0.05, 0.1) is 0 Å². The third kappa shape index (κ3) is 5.03. The molecule has 0 aromatic heterocycles. The van der Waals surface area contributed by atoms with Crippen LogP contribution in [-0.2, 0) is 9.53 Å². The molecule has 0 bridgehead atoms. The lowest BCUT2D eigenvalue weighted by Gasteiger charge is -2.31. The Morgan fingerprint density at radius 1 is 1.26 bits per heavy atom. The Balaban J connectivity index is 0.000000861. The minimum Gasteiger partial charge on any atom is -0.456 e. The molecule has 1 N–H and O–H groups in total. The summed E-state index contributed by atoms with van der Waals surface area (Å²) in [7, 11) is 0.